The van der Waals surface area contributed by atoms with Crippen molar-refractivity contribution in [1.29, 1.82) is 0 Å². The molecule has 0 spiro atoms. The molecule has 0 bridgehead atoms. The minimum Gasteiger partial charge on any atom is -0.478 e. The van der Waals surface area contributed by atoms with E-state index in [4.69, 9.17) is 23.8 Å². The molecule has 0 radical (unpaired) electrons. The molecule has 0 unspecified atom stereocenters. The van der Waals surface area contributed by atoms with Gasteiger partial charge in [0.15, 0.2) is 5.79 Å². The fourth-order valence-electron chi connectivity index (χ4n) is 4.81. The number of methoxy groups -OCH3 is 1. The summed E-state index contributed by atoms with van der Waals surface area (Å²) in [6.07, 6.45) is 2.81. The molecule has 1 aliphatic heterocycles. The average Bonchev–Trinajstić information content (AvgIpc) is 3.30. The van der Waals surface area contributed by atoms with Gasteiger partial charge in [0.2, 0.25) is 0 Å². The first-order valence-corrected chi connectivity index (χ1v) is 13.0. The average molecular weight is 560 g/mol. The number of hydrogen-bond acceptors (Lipinski definition) is 7. The molecular formula is C32H30FNO7. The zero-order valence-electron chi connectivity index (χ0n) is 22.9. The highest BCUT2D eigenvalue weighted by Gasteiger charge is 2.34. The molecule has 41 heavy (non-hydrogen) atoms. The lowest BCUT2D eigenvalue weighted by molar-refractivity contribution is -0.190. The Balaban J connectivity index is 1.41. The van der Waals surface area contributed by atoms with Gasteiger partial charge in [0, 0.05) is 24.3 Å². The molecule has 0 aromatic heterocycles. The Bertz CT molecular complexity index is 1630. The second kappa shape index (κ2) is 12.1. The highest BCUT2D eigenvalue weighted by Crippen LogP contribution is 2.29. The predicted molar refractivity (Wildman–Crippen MR) is 150 cm³/mol. The van der Waals surface area contributed by atoms with Crippen molar-refractivity contribution in [3.8, 4) is 5.75 Å². The molecule has 212 valence electrons. The summed E-state index contributed by atoms with van der Waals surface area (Å²) in [6.45, 7) is 4.03. The van der Waals surface area contributed by atoms with E-state index >= 15 is 0 Å². The molecule has 2 aliphatic rings. The van der Waals surface area contributed by atoms with Crippen molar-refractivity contribution in [2.24, 2.45) is 5.16 Å². The van der Waals surface area contributed by atoms with E-state index in [9.17, 15) is 14.3 Å². The number of nitrogens with zero attached hydrogens (tertiary/aromatic N) is 1. The third-order valence-corrected chi connectivity index (χ3v) is 6.66. The van der Waals surface area contributed by atoms with Gasteiger partial charge in [0.1, 0.15) is 18.2 Å². The fourth-order valence-corrected chi connectivity index (χ4v) is 4.81. The van der Waals surface area contributed by atoms with Gasteiger partial charge in [0.25, 0.3) is 6.29 Å². The lowest BCUT2D eigenvalue weighted by Crippen LogP contribution is -2.28. The Morgan fingerprint density at radius 2 is 1.95 bits per heavy atom. The highest BCUT2D eigenvalue weighted by molar-refractivity contribution is 5.96. The van der Waals surface area contributed by atoms with Crippen molar-refractivity contribution in [3.63, 3.8) is 0 Å². The second-order valence-corrected chi connectivity index (χ2v) is 10.1. The predicted octanol–water partition coefficient (Wildman–Crippen LogP) is 3.88. The summed E-state index contributed by atoms with van der Waals surface area (Å²) in [5, 5.41) is 15.6. The van der Waals surface area contributed by atoms with E-state index in [1.807, 2.05) is 50.2 Å². The Morgan fingerprint density at radius 1 is 1.15 bits per heavy atom. The van der Waals surface area contributed by atoms with Crippen LogP contribution in [0.15, 0.2) is 83.0 Å². The topological polar surface area (TPSA) is 95.8 Å². The normalized spacial score (nSPS) is 18.6. The minimum absolute atomic E-state index is 0.120. The van der Waals surface area contributed by atoms with E-state index in [2.05, 4.69) is 5.16 Å². The molecule has 1 saturated heterocycles. The monoisotopic (exact) mass is 559 g/mol. The molecular weight excluding hydrogens is 529 g/mol. The molecule has 5 rings (SSSR count). The maximum atomic E-state index is 13.7. The fraction of sp³-hybridized carbons (Fsp3) is 0.250. The number of oxime groups is 1. The third-order valence-electron chi connectivity index (χ3n) is 6.66. The SMILES string of the molecule is COCC1=C(C(=O)O)Cc2cc(=COc3cccc(C=NO[C@H]4COC(C)(C)O4)c3)ccc2=C1c1ccc(F)cc1. The number of halogens is 1. The van der Waals surface area contributed by atoms with Crippen molar-refractivity contribution < 1.29 is 38.1 Å². The van der Waals surface area contributed by atoms with Crippen LogP contribution < -0.4 is 15.2 Å². The molecule has 3 aromatic carbocycles. The summed E-state index contributed by atoms with van der Waals surface area (Å²) < 4.78 is 36.0. The van der Waals surface area contributed by atoms with Crippen molar-refractivity contribution in [2.45, 2.75) is 32.3 Å². The number of carboxylic acids is 1. The molecule has 0 saturated carbocycles. The lowest BCUT2D eigenvalue weighted by Gasteiger charge is -2.22. The van der Waals surface area contributed by atoms with Crippen molar-refractivity contribution in [1.82, 2.24) is 0 Å². The first-order valence-electron chi connectivity index (χ1n) is 13.0. The van der Waals surface area contributed by atoms with Gasteiger partial charge < -0.3 is 28.9 Å². The van der Waals surface area contributed by atoms with Crippen molar-refractivity contribution in [3.05, 3.63) is 111 Å². The molecule has 1 heterocycles. The largest absolute Gasteiger partial charge is 0.478 e. The van der Waals surface area contributed by atoms with Gasteiger partial charge in [-0.2, -0.15) is 0 Å². The molecule has 1 aliphatic carbocycles. The maximum absolute atomic E-state index is 13.7. The van der Waals surface area contributed by atoms with E-state index in [1.165, 1.54) is 19.2 Å². The van der Waals surface area contributed by atoms with Crippen molar-refractivity contribution in [2.75, 3.05) is 20.3 Å². The van der Waals surface area contributed by atoms with Crippen LogP contribution in [-0.4, -0.2) is 49.7 Å². The summed E-state index contributed by atoms with van der Waals surface area (Å²) in [5.74, 6) is -1.50. The van der Waals surface area contributed by atoms with Crippen LogP contribution in [0.4, 0.5) is 4.39 Å². The van der Waals surface area contributed by atoms with E-state index < -0.39 is 18.0 Å². The van der Waals surface area contributed by atoms with Gasteiger partial charge in [-0.3, -0.25) is 0 Å². The van der Waals surface area contributed by atoms with Crippen LogP contribution >= 0.6 is 0 Å². The quantitative estimate of drug-likeness (QED) is 0.314. The molecule has 1 atom stereocenters. The van der Waals surface area contributed by atoms with Crippen LogP contribution in [0.5, 0.6) is 5.75 Å². The first kappa shape index (κ1) is 28.2. The van der Waals surface area contributed by atoms with E-state index in [1.54, 1.807) is 30.7 Å². The summed E-state index contributed by atoms with van der Waals surface area (Å²) in [6, 6.07) is 19.0. The molecule has 8 nitrogen and oxygen atoms in total. The number of fused-ring (bicyclic) bond motifs is 1. The number of carboxylic acid groups (broad SMARTS) is 1. The Kier molecular flexibility index (Phi) is 8.30. The smallest absolute Gasteiger partial charge is 0.332 e. The zero-order valence-corrected chi connectivity index (χ0v) is 22.9. The highest BCUT2D eigenvalue weighted by atomic mass is 19.1. The van der Waals surface area contributed by atoms with E-state index in [0.29, 0.717) is 29.1 Å². The van der Waals surface area contributed by atoms with Gasteiger partial charge >= 0.3 is 5.97 Å². The molecule has 1 N–H and O–H groups in total. The summed E-state index contributed by atoms with van der Waals surface area (Å²) >= 11 is 0. The number of aliphatic carboxylic acids is 1. The molecule has 3 aromatic rings. The summed E-state index contributed by atoms with van der Waals surface area (Å²) in [4.78, 5) is 17.6. The Hall–Kier alpha value is -4.31. The van der Waals surface area contributed by atoms with Crippen LogP contribution in [-0.2, 0) is 30.3 Å². The second-order valence-electron chi connectivity index (χ2n) is 10.1. The molecule has 0 amide bonds. The van der Waals surface area contributed by atoms with Crippen molar-refractivity contribution >= 4 is 24.0 Å². The van der Waals surface area contributed by atoms with Gasteiger partial charge in [-0.15, -0.1) is 0 Å². The molecule has 9 heteroatoms. The first-order chi connectivity index (χ1) is 19.7. The Labute approximate surface area is 236 Å². The van der Waals surface area contributed by atoms with Crippen LogP contribution in [0, 0.1) is 5.82 Å². The van der Waals surface area contributed by atoms with Crippen LogP contribution in [0.3, 0.4) is 0 Å². The number of rotatable bonds is 9. The van der Waals surface area contributed by atoms with E-state index in [0.717, 1.165) is 21.6 Å². The van der Waals surface area contributed by atoms with Gasteiger partial charge in [-0.25, -0.2) is 9.18 Å². The lowest BCUT2D eigenvalue weighted by atomic mass is 9.83. The summed E-state index contributed by atoms with van der Waals surface area (Å²) in [5.41, 5.74) is 3.82. The third kappa shape index (κ3) is 6.71. The van der Waals surface area contributed by atoms with Crippen LogP contribution in [0.25, 0.3) is 11.8 Å². The van der Waals surface area contributed by atoms with Crippen LogP contribution in [0.2, 0.25) is 0 Å². The number of ether oxygens (including phenoxy) is 4. The number of carbonyl (C=O) groups is 1. The minimum atomic E-state index is -1.02. The van der Waals surface area contributed by atoms with Gasteiger partial charge in [-0.1, -0.05) is 41.6 Å². The van der Waals surface area contributed by atoms with Gasteiger partial charge in [-0.05, 0) is 77.2 Å². The van der Waals surface area contributed by atoms with Crippen LogP contribution in [0.1, 0.15) is 30.5 Å². The van der Waals surface area contributed by atoms with E-state index in [-0.39, 0.29) is 24.4 Å². The zero-order chi connectivity index (χ0) is 29.0. The Morgan fingerprint density at radius 3 is 2.66 bits per heavy atom. The van der Waals surface area contributed by atoms with Gasteiger partial charge in [0.05, 0.1) is 19.1 Å². The number of benzene rings is 3. The molecule has 1 fully saturated rings. The summed E-state index contributed by atoms with van der Waals surface area (Å²) in [7, 11) is 1.52. The number of hydrogen-bond donors (Lipinski definition) is 1. The maximum Gasteiger partial charge on any atom is 0.332 e. The standard InChI is InChI=1S/C32H30FNO7/c1-32(2)39-19-29(40-32)41-34-16-20-5-4-6-25(14-20)38-17-21-7-12-26-23(13-21)15-27(31(35)36)28(18-37-3)30(26)22-8-10-24(33)11-9-22/h4-14,16-17,29H,15,18-19H2,1-3H3,(H,35,36)/t29-/m0/s1.